The molecule has 1 saturated heterocycles. The van der Waals surface area contributed by atoms with Crippen LogP contribution in [0, 0.1) is 11.8 Å². The van der Waals surface area contributed by atoms with Crippen LogP contribution in [-0.4, -0.2) is 39.2 Å². The van der Waals surface area contributed by atoms with Crippen LogP contribution in [0.2, 0.25) is 0 Å². The molecular weight excluding hydrogens is 256 g/mol. The highest BCUT2D eigenvalue weighted by molar-refractivity contribution is 5.93. The summed E-state index contributed by atoms with van der Waals surface area (Å²) in [6.45, 7) is 3.73. The molecule has 1 aliphatic heterocycles. The van der Waals surface area contributed by atoms with Crippen molar-refractivity contribution in [3.8, 4) is 5.69 Å². The van der Waals surface area contributed by atoms with Crippen LogP contribution in [-0.2, 0) is 4.79 Å². The number of benzene rings is 1. The Balaban J connectivity index is 1.68. The van der Waals surface area contributed by atoms with E-state index < -0.39 is 0 Å². The highest BCUT2D eigenvalue weighted by Gasteiger charge is 2.29. The number of tetrazole rings is 1. The van der Waals surface area contributed by atoms with Gasteiger partial charge in [-0.05, 0) is 47.2 Å². The molecule has 1 aromatic heterocycles. The lowest BCUT2D eigenvalue weighted by Gasteiger charge is -2.14. The number of anilines is 1. The molecular formula is C13H16N6O. The van der Waals surface area contributed by atoms with Crippen LogP contribution < -0.4 is 10.6 Å². The van der Waals surface area contributed by atoms with Gasteiger partial charge < -0.3 is 10.6 Å². The van der Waals surface area contributed by atoms with Crippen LogP contribution in [0.1, 0.15) is 6.92 Å². The molecule has 2 N–H and O–H groups in total. The van der Waals surface area contributed by atoms with E-state index in [1.165, 1.54) is 6.33 Å². The van der Waals surface area contributed by atoms with Crippen molar-refractivity contribution >= 4 is 11.6 Å². The summed E-state index contributed by atoms with van der Waals surface area (Å²) < 4.78 is 1.56. The van der Waals surface area contributed by atoms with Gasteiger partial charge in [-0.1, -0.05) is 6.92 Å². The van der Waals surface area contributed by atoms with Crippen LogP contribution >= 0.6 is 0 Å². The van der Waals surface area contributed by atoms with Crippen molar-refractivity contribution < 1.29 is 4.79 Å². The van der Waals surface area contributed by atoms with E-state index in [1.54, 1.807) is 4.68 Å². The second-order valence-electron chi connectivity index (χ2n) is 5.03. The molecule has 0 aliphatic carbocycles. The molecule has 0 spiro atoms. The van der Waals surface area contributed by atoms with E-state index in [0.717, 1.165) is 24.5 Å². The number of nitrogens with zero attached hydrogens (tertiary/aromatic N) is 4. The molecule has 0 bridgehead atoms. The van der Waals surface area contributed by atoms with Crippen LogP contribution in [0.15, 0.2) is 30.6 Å². The van der Waals surface area contributed by atoms with E-state index >= 15 is 0 Å². The molecule has 0 unspecified atom stereocenters. The van der Waals surface area contributed by atoms with Gasteiger partial charge in [-0.15, -0.1) is 5.10 Å². The maximum Gasteiger partial charge on any atom is 0.229 e. The first kappa shape index (κ1) is 12.7. The fraction of sp³-hybridized carbons (Fsp3) is 0.385. The molecule has 1 aromatic carbocycles. The minimum absolute atomic E-state index is 0.0363. The quantitative estimate of drug-likeness (QED) is 0.847. The summed E-state index contributed by atoms with van der Waals surface area (Å²) >= 11 is 0. The van der Waals surface area contributed by atoms with Crippen molar-refractivity contribution in [3.63, 3.8) is 0 Å². The number of carbonyl (C=O) groups excluding carboxylic acids is 1. The molecule has 7 heteroatoms. The fourth-order valence-electron chi connectivity index (χ4n) is 2.37. The molecule has 2 heterocycles. The average Bonchev–Trinajstić information content (AvgIpc) is 3.10. The minimum atomic E-state index is 0.0363. The van der Waals surface area contributed by atoms with E-state index in [2.05, 4.69) is 33.1 Å². The molecule has 7 nitrogen and oxygen atoms in total. The van der Waals surface area contributed by atoms with Crippen molar-refractivity contribution in [2.24, 2.45) is 11.8 Å². The SMILES string of the molecule is C[C@@H]1CNC[C@H]1C(=O)Nc1ccc(-n2cnnn2)cc1. The lowest BCUT2D eigenvalue weighted by Crippen LogP contribution is -2.27. The Kier molecular flexibility index (Phi) is 3.42. The summed E-state index contributed by atoms with van der Waals surface area (Å²) in [4.78, 5) is 12.2. The Morgan fingerprint density at radius 2 is 2.15 bits per heavy atom. The van der Waals surface area contributed by atoms with Crippen molar-refractivity contribution in [1.29, 1.82) is 0 Å². The van der Waals surface area contributed by atoms with Gasteiger partial charge in [-0.3, -0.25) is 4.79 Å². The predicted molar refractivity (Wildman–Crippen MR) is 73.3 cm³/mol. The zero-order valence-corrected chi connectivity index (χ0v) is 11.2. The molecule has 0 radical (unpaired) electrons. The maximum absolute atomic E-state index is 12.2. The van der Waals surface area contributed by atoms with E-state index in [4.69, 9.17) is 0 Å². The molecule has 0 saturated carbocycles. The third-order valence-electron chi connectivity index (χ3n) is 3.60. The molecule has 1 fully saturated rings. The first-order valence-corrected chi connectivity index (χ1v) is 6.59. The number of rotatable bonds is 3. The summed E-state index contributed by atoms with van der Waals surface area (Å²) in [6, 6.07) is 7.43. The van der Waals surface area contributed by atoms with Crippen molar-refractivity contribution in [2.45, 2.75) is 6.92 Å². The Hall–Kier alpha value is -2.28. The van der Waals surface area contributed by atoms with Crippen molar-refractivity contribution in [2.75, 3.05) is 18.4 Å². The topological polar surface area (TPSA) is 84.7 Å². The molecule has 1 aliphatic rings. The largest absolute Gasteiger partial charge is 0.326 e. The molecule has 2 aromatic rings. The van der Waals surface area contributed by atoms with Gasteiger partial charge in [0, 0.05) is 12.2 Å². The van der Waals surface area contributed by atoms with Gasteiger partial charge in [0.2, 0.25) is 5.91 Å². The van der Waals surface area contributed by atoms with Crippen LogP contribution in [0.25, 0.3) is 5.69 Å². The number of amides is 1. The van der Waals surface area contributed by atoms with Crippen molar-refractivity contribution in [1.82, 2.24) is 25.5 Å². The van der Waals surface area contributed by atoms with Crippen LogP contribution in [0.5, 0.6) is 0 Å². The van der Waals surface area contributed by atoms with Crippen LogP contribution in [0.4, 0.5) is 5.69 Å². The Labute approximate surface area is 116 Å². The summed E-state index contributed by atoms with van der Waals surface area (Å²) in [5.74, 6) is 0.474. The van der Waals surface area contributed by atoms with E-state index in [0.29, 0.717) is 5.92 Å². The van der Waals surface area contributed by atoms with Gasteiger partial charge in [-0.25, -0.2) is 4.68 Å². The van der Waals surface area contributed by atoms with Gasteiger partial charge in [0.15, 0.2) is 0 Å². The third kappa shape index (κ3) is 2.53. The highest BCUT2D eigenvalue weighted by atomic mass is 16.1. The maximum atomic E-state index is 12.2. The lowest BCUT2D eigenvalue weighted by molar-refractivity contribution is -0.120. The van der Waals surface area contributed by atoms with Gasteiger partial charge >= 0.3 is 0 Å². The number of hydrogen-bond donors (Lipinski definition) is 2. The second kappa shape index (κ2) is 5.38. The number of aromatic nitrogens is 4. The molecule has 104 valence electrons. The first-order valence-electron chi connectivity index (χ1n) is 6.59. The summed E-state index contributed by atoms with van der Waals surface area (Å²) in [5, 5.41) is 17.2. The van der Waals surface area contributed by atoms with Crippen LogP contribution in [0.3, 0.4) is 0 Å². The van der Waals surface area contributed by atoms with Gasteiger partial charge in [-0.2, -0.15) is 0 Å². The zero-order valence-electron chi connectivity index (χ0n) is 11.2. The monoisotopic (exact) mass is 272 g/mol. The molecule has 3 rings (SSSR count). The zero-order chi connectivity index (χ0) is 13.9. The molecule has 20 heavy (non-hydrogen) atoms. The normalized spacial score (nSPS) is 21.9. The smallest absolute Gasteiger partial charge is 0.229 e. The minimum Gasteiger partial charge on any atom is -0.326 e. The number of hydrogen-bond acceptors (Lipinski definition) is 5. The lowest BCUT2D eigenvalue weighted by atomic mass is 9.97. The standard InChI is InChI=1S/C13H16N6O/c1-9-6-14-7-12(9)13(20)16-10-2-4-11(5-3-10)19-8-15-17-18-19/h2-5,8-9,12,14H,6-7H2,1H3,(H,16,20)/t9-,12-/m1/s1. The van der Waals surface area contributed by atoms with Gasteiger partial charge in [0.05, 0.1) is 11.6 Å². The molecule has 1 amide bonds. The van der Waals surface area contributed by atoms with E-state index in [9.17, 15) is 4.79 Å². The fourth-order valence-corrected chi connectivity index (χ4v) is 2.37. The second-order valence-corrected chi connectivity index (χ2v) is 5.03. The summed E-state index contributed by atoms with van der Waals surface area (Å²) in [7, 11) is 0. The summed E-state index contributed by atoms with van der Waals surface area (Å²) in [5.41, 5.74) is 1.63. The van der Waals surface area contributed by atoms with Gasteiger partial charge in [0.25, 0.3) is 0 Å². The number of carbonyl (C=O) groups is 1. The van der Waals surface area contributed by atoms with Crippen molar-refractivity contribution in [3.05, 3.63) is 30.6 Å². The number of nitrogens with one attached hydrogen (secondary N) is 2. The average molecular weight is 272 g/mol. The summed E-state index contributed by atoms with van der Waals surface area (Å²) in [6.07, 6.45) is 1.53. The first-order chi connectivity index (χ1) is 9.74. The Bertz CT molecular complexity index is 579. The third-order valence-corrected chi connectivity index (χ3v) is 3.60. The predicted octanol–water partition coefficient (Wildman–Crippen LogP) is 0.456. The van der Waals surface area contributed by atoms with E-state index in [-0.39, 0.29) is 11.8 Å². The highest BCUT2D eigenvalue weighted by Crippen LogP contribution is 2.19. The van der Waals surface area contributed by atoms with Gasteiger partial charge in [0.1, 0.15) is 6.33 Å². The Morgan fingerprint density at radius 3 is 2.75 bits per heavy atom. The Morgan fingerprint density at radius 1 is 1.35 bits per heavy atom. The molecule has 2 atom stereocenters. The van der Waals surface area contributed by atoms with E-state index in [1.807, 2.05) is 24.3 Å².